The normalized spacial score (nSPS) is 11.8. The molecule has 1 unspecified atom stereocenters. The fourth-order valence-corrected chi connectivity index (χ4v) is 1.57. The molecule has 0 spiro atoms. The molecule has 2 N–H and O–H groups in total. The summed E-state index contributed by atoms with van der Waals surface area (Å²) >= 11 is 0. The number of carbonyl (C=O) groups is 1. The van der Waals surface area contributed by atoms with Gasteiger partial charge in [-0.25, -0.2) is 0 Å². The first-order chi connectivity index (χ1) is 8.49. The summed E-state index contributed by atoms with van der Waals surface area (Å²) in [6.07, 6.45) is 0. The van der Waals surface area contributed by atoms with Gasteiger partial charge in [-0.2, -0.15) is 0 Å². The lowest BCUT2D eigenvalue weighted by molar-refractivity contribution is -0.140. The van der Waals surface area contributed by atoms with E-state index in [4.69, 9.17) is 14.6 Å². The highest BCUT2D eigenvalue weighted by molar-refractivity contribution is 5.71. The Labute approximate surface area is 107 Å². The topological polar surface area (TPSA) is 67.8 Å². The Hall–Kier alpha value is -1.91. The van der Waals surface area contributed by atoms with Crippen LogP contribution in [0.25, 0.3) is 0 Å². The number of aryl methyl sites for hydroxylation is 1. The van der Waals surface area contributed by atoms with Crippen molar-refractivity contribution in [2.75, 3.05) is 26.1 Å². The van der Waals surface area contributed by atoms with Gasteiger partial charge in [-0.3, -0.25) is 4.79 Å². The molecular weight excluding hydrogens is 234 g/mol. The third kappa shape index (κ3) is 3.29. The Morgan fingerprint density at radius 2 is 2.06 bits per heavy atom. The lowest BCUT2D eigenvalue weighted by Crippen LogP contribution is -2.20. The van der Waals surface area contributed by atoms with Crippen LogP contribution in [0.15, 0.2) is 12.1 Å². The minimum absolute atomic E-state index is 0.346. The van der Waals surface area contributed by atoms with Crippen molar-refractivity contribution >= 4 is 11.7 Å². The molecule has 0 heterocycles. The zero-order chi connectivity index (χ0) is 13.7. The van der Waals surface area contributed by atoms with E-state index in [0.717, 1.165) is 11.3 Å². The van der Waals surface area contributed by atoms with E-state index in [2.05, 4.69) is 5.32 Å². The molecule has 0 fully saturated rings. The lowest BCUT2D eigenvalue weighted by Gasteiger charge is -2.16. The summed E-state index contributed by atoms with van der Waals surface area (Å²) in [4.78, 5) is 10.8. The van der Waals surface area contributed by atoms with E-state index in [9.17, 15) is 4.79 Å². The lowest BCUT2D eigenvalue weighted by atomic mass is 10.1. The van der Waals surface area contributed by atoms with Crippen LogP contribution < -0.4 is 14.8 Å². The van der Waals surface area contributed by atoms with Crippen molar-refractivity contribution < 1.29 is 19.4 Å². The first-order valence-corrected chi connectivity index (χ1v) is 5.69. The van der Waals surface area contributed by atoms with Gasteiger partial charge in [-0.15, -0.1) is 0 Å². The molecule has 0 aliphatic carbocycles. The quantitative estimate of drug-likeness (QED) is 0.813. The van der Waals surface area contributed by atoms with Crippen molar-refractivity contribution in [3.05, 3.63) is 17.7 Å². The first kappa shape index (κ1) is 14.2. The predicted molar refractivity (Wildman–Crippen MR) is 69.6 cm³/mol. The van der Waals surface area contributed by atoms with E-state index in [-0.39, 0.29) is 0 Å². The number of benzene rings is 1. The molecule has 0 aliphatic rings. The number of rotatable bonds is 6. The Bertz CT molecular complexity index is 431. The van der Waals surface area contributed by atoms with Crippen molar-refractivity contribution in [2.45, 2.75) is 13.8 Å². The van der Waals surface area contributed by atoms with Crippen molar-refractivity contribution in [1.29, 1.82) is 0 Å². The van der Waals surface area contributed by atoms with Gasteiger partial charge in [0, 0.05) is 12.6 Å². The average Bonchev–Trinajstić information content (AvgIpc) is 2.35. The van der Waals surface area contributed by atoms with Crippen LogP contribution in [0.2, 0.25) is 0 Å². The van der Waals surface area contributed by atoms with Crippen molar-refractivity contribution in [2.24, 2.45) is 5.92 Å². The molecule has 1 aromatic carbocycles. The minimum Gasteiger partial charge on any atom is -0.497 e. The standard InChI is InChI=1S/C13H19NO4/c1-8-5-10(17-3)6-11(18-4)12(8)14-7-9(2)13(15)16/h5-6,9,14H,7H2,1-4H3,(H,15,16). The number of hydrogen-bond acceptors (Lipinski definition) is 4. The van der Waals surface area contributed by atoms with Crippen LogP contribution in [-0.4, -0.2) is 31.8 Å². The van der Waals surface area contributed by atoms with Crippen LogP contribution in [0, 0.1) is 12.8 Å². The molecule has 5 heteroatoms. The molecule has 0 amide bonds. The van der Waals surface area contributed by atoms with Gasteiger partial charge in [0.05, 0.1) is 25.8 Å². The van der Waals surface area contributed by atoms with Crippen LogP contribution in [0.1, 0.15) is 12.5 Å². The summed E-state index contributed by atoms with van der Waals surface area (Å²) in [7, 11) is 3.16. The molecule has 18 heavy (non-hydrogen) atoms. The molecule has 1 atom stereocenters. The van der Waals surface area contributed by atoms with Crippen LogP contribution in [-0.2, 0) is 4.79 Å². The second-order valence-electron chi connectivity index (χ2n) is 4.14. The van der Waals surface area contributed by atoms with Crippen molar-refractivity contribution in [3.63, 3.8) is 0 Å². The Balaban J connectivity index is 2.90. The number of anilines is 1. The number of carboxylic acid groups (broad SMARTS) is 1. The summed E-state index contributed by atoms with van der Waals surface area (Å²) < 4.78 is 10.4. The summed E-state index contributed by atoms with van der Waals surface area (Å²) in [5.41, 5.74) is 1.75. The molecule has 0 aliphatic heterocycles. The van der Waals surface area contributed by atoms with Gasteiger partial charge in [0.25, 0.3) is 0 Å². The second kappa shape index (κ2) is 6.14. The fourth-order valence-electron chi connectivity index (χ4n) is 1.57. The number of methoxy groups -OCH3 is 2. The maximum atomic E-state index is 10.8. The summed E-state index contributed by atoms with van der Waals surface area (Å²) in [5.74, 6) is 0.0643. The highest BCUT2D eigenvalue weighted by atomic mass is 16.5. The summed E-state index contributed by atoms with van der Waals surface area (Å²) in [5, 5.41) is 12.0. The largest absolute Gasteiger partial charge is 0.497 e. The van der Waals surface area contributed by atoms with Crippen LogP contribution in [0.3, 0.4) is 0 Å². The Morgan fingerprint density at radius 1 is 1.39 bits per heavy atom. The smallest absolute Gasteiger partial charge is 0.308 e. The maximum absolute atomic E-state index is 10.8. The number of hydrogen-bond donors (Lipinski definition) is 2. The van der Waals surface area contributed by atoms with E-state index in [1.54, 1.807) is 27.2 Å². The number of carboxylic acids is 1. The molecule has 0 bridgehead atoms. The highest BCUT2D eigenvalue weighted by Gasteiger charge is 2.14. The minimum atomic E-state index is -0.826. The van der Waals surface area contributed by atoms with Crippen LogP contribution >= 0.6 is 0 Å². The van der Waals surface area contributed by atoms with Gasteiger partial charge >= 0.3 is 5.97 Å². The van der Waals surface area contributed by atoms with Gasteiger partial charge in [-0.05, 0) is 18.6 Å². The molecule has 5 nitrogen and oxygen atoms in total. The summed E-state index contributed by atoms with van der Waals surface area (Å²) in [6.45, 7) is 3.92. The number of ether oxygens (including phenoxy) is 2. The molecule has 100 valence electrons. The molecule has 0 aromatic heterocycles. The van der Waals surface area contributed by atoms with E-state index in [1.807, 2.05) is 13.0 Å². The molecule has 0 radical (unpaired) electrons. The van der Waals surface area contributed by atoms with Crippen molar-refractivity contribution in [1.82, 2.24) is 0 Å². The fraction of sp³-hybridized carbons (Fsp3) is 0.462. The second-order valence-corrected chi connectivity index (χ2v) is 4.14. The van der Waals surface area contributed by atoms with Crippen LogP contribution in [0.4, 0.5) is 5.69 Å². The van der Waals surface area contributed by atoms with Gasteiger partial charge in [-0.1, -0.05) is 6.92 Å². The number of aliphatic carboxylic acids is 1. The van der Waals surface area contributed by atoms with Crippen molar-refractivity contribution in [3.8, 4) is 11.5 Å². The van der Waals surface area contributed by atoms with E-state index in [1.165, 1.54) is 0 Å². The average molecular weight is 253 g/mol. The molecule has 1 aromatic rings. The molecular formula is C13H19NO4. The molecule has 0 saturated heterocycles. The maximum Gasteiger partial charge on any atom is 0.308 e. The first-order valence-electron chi connectivity index (χ1n) is 5.69. The number of nitrogens with one attached hydrogen (secondary N) is 1. The predicted octanol–water partition coefficient (Wildman–Crippen LogP) is 2.14. The van der Waals surface area contributed by atoms with Gasteiger partial charge < -0.3 is 19.9 Å². The van der Waals surface area contributed by atoms with E-state index < -0.39 is 11.9 Å². The monoisotopic (exact) mass is 253 g/mol. The zero-order valence-corrected chi connectivity index (χ0v) is 11.1. The third-order valence-corrected chi connectivity index (χ3v) is 2.74. The van der Waals surface area contributed by atoms with Crippen LogP contribution in [0.5, 0.6) is 11.5 Å². The van der Waals surface area contributed by atoms with E-state index in [0.29, 0.717) is 18.0 Å². The molecule has 1 rings (SSSR count). The highest BCUT2D eigenvalue weighted by Crippen LogP contribution is 2.33. The van der Waals surface area contributed by atoms with Gasteiger partial charge in [0.2, 0.25) is 0 Å². The molecule has 0 saturated carbocycles. The summed E-state index contributed by atoms with van der Waals surface area (Å²) in [6, 6.07) is 3.64. The SMILES string of the molecule is COc1cc(C)c(NCC(C)C(=O)O)c(OC)c1. The van der Waals surface area contributed by atoms with E-state index >= 15 is 0 Å². The zero-order valence-electron chi connectivity index (χ0n) is 11.1. The Morgan fingerprint density at radius 3 is 2.56 bits per heavy atom. The Kier molecular flexibility index (Phi) is 4.83. The van der Waals surface area contributed by atoms with Gasteiger partial charge in [0.1, 0.15) is 11.5 Å². The van der Waals surface area contributed by atoms with Gasteiger partial charge in [0.15, 0.2) is 0 Å². The third-order valence-electron chi connectivity index (χ3n) is 2.74.